The molecule has 21 heavy (non-hydrogen) atoms. The van der Waals surface area contributed by atoms with Crippen LogP contribution in [0.25, 0.3) is 0 Å². The molecule has 0 atom stereocenters. The molecule has 118 valence electrons. The van der Waals surface area contributed by atoms with Crippen LogP contribution in [0.2, 0.25) is 0 Å². The van der Waals surface area contributed by atoms with Crippen LogP contribution in [0.1, 0.15) is 24.2 Å². The van der Waals surface area contributed by atoms with Crippen molar-refractivity contribution in [3.8, 4) is 5.88 Å². The summed E-state index contributed by atoms with van der Waals surface area (Å²) in [6.07, 6.45) is 1.58. The Morgan fingerprint density at radius 3 is 2.62 bits per heavy atom. The van der Waals surface area contributed by atoms with Gasteiger partial charge in [-0.3, -0.25) is 9.48 Å². The lowest BCUT2D eigenvalue weighted by Crippen LogP contribution is -2.57. The number of likely N-dealkylation sites (tertiary alicyclic amines) is 1. The molecule has 2 heterocycles. The van der Waals surface area contributed by atoms with Crippen LogP contribution < -0.4 is 4.74 Å². The van der Waals surface area contributed by atoms with Gasteiger partial charge in [0.05, 0.1) is 18.1 Å². The average molecular weight is 315 g/mol. The van der Waals surface area contributed by atoms with E-state index in [1.54, 1.807) is 13.2 Å². The van der Waals surface area contributed by atoms with E-state index < -0.39 is 15.1 Å². The summed E-state index contributed by atoms with van der Waals surface area (Å²) in [6, 6.07) is 0. The van der Waals surface area contributed by atoms with Crippen LogP contribution in [0, 0.1) is 5.92 Å². The molecular formula is C13H21N3O4S. The van der Waals surface area contributed by atoms with Crippen molar-refractivity contribution >= 4 is 15.7 Å². The van der Waals surface area contributed by atoms with Crippen molar-refractivity contribution in [1.82, 2.24) is 14.7 Å². The third kappa shape index (κ3) is 3.20. The number of hydrogen-bond donors (Lipinski definition) is 0. The Balaban J connectivity index is 2.03. The molecule has 1 aliphatic rings. The lowest BCUT2D eigenvalue weighted by Gasteiger charge is -2.38. The van der Waals surface area contributed by atoms with E-state index in [1.807, 2.05) is 13.8 Å². The zero-order valence-electron chi connectivity index (χ0n) is 12.7. The van der Waals surface area contributed by atoms with E-state index in [0.717, 1.165) is 0 Å². The number of carbonyl (C=O) groups excluding carboxylic acids is 1. The Hall–Kier alpha value is -1.57. The van der Waals surface area contributed by atoms with Gasteiger partial charge in [-0.1, -0.05) is 13.8 Å². The van der Waals surface area contributed by atoms with E-state index in [9.17, 15) is 13.2 Å². The maximum Gasteiger partial charge on any atom is 0.261 e. The van der Waals surface area contributed by atoms with Crippen molar-refractivity contribution < 1.29 is 17.9 Å². The molecule has 0 saturated carbocycles. The first-order valence-electron chi connectivity index (χ1n) is 6.83. The number of methoxy groups -OCH3 is 1. The number of carbonyl (C=O) groups is 1. The highest BCUT2D eigenvalue weighted by Crippen LogP contribution is 2.24. The van der Waals surface area contributed by atoms with Gasteiger partial charge in [-0.05, 0) is 5.92 Å². The van der Waals surface area contributed by atoms with Gasteiger partial charge < -0.3 is 9.64 Å². The van der Waals surface area contributed by atoms with E-state index in [0.29, 0.717) is 5.56 Å². The van der Waals surface area contributed by atoms with Crippen LogP contribution in [0.15, 0.2) is 6.20 Å². The first kappa shape index (κ1) is 15.8. The van der Waals surface area contributed by atoms with Crippen LogP contribution in [0.3, 0.4) is 0 Å². The molecule has 0 spiro atoms. The van der Waals surface area contributed by atoms with E-state index in [4.69, 9.17) is 4.74 Å². The summed E-state index contributed by atoms with van der Waals surface area (Å²) in [4.78, 5) is 13.8. The number of ether oxygens (including phenoxy) is 1. The van der Waals surface area contributed by atoms with Crippen LogP contribution in [0.5, 0.6) is 5.88 Å². The van der Waals surface area contributed by atoms with Gasteiger partial charge in [-0.15, -0.1) is 5.10 Å². The molecule has 8 heteroatoms. The maximum atomic E-state index is 12.3. The molecule has 0 bridgehead atoms. The predicted molar refractivity (Wildman–Crippen MR) is 78.1 cm³/mol. The van der Waals surface area contributed by atoms with Gasteiger partial charge in [0.2, 0.25) is 5.88 Å². The minimum absolute atomic E-state index is 0.0955. The second-order valence-electron chi connectivity index (χ2n) is 5.78. The molecule has 0 N–H and O–H groups in total. The summed E-state index contributed by atoms with van der Waals surface area (Å²) < 4.78 is 30.7. The van der Waals surface area contributed by atoms with Crippen molar-refractivity contribution in [3.05, 3.63) is 11.8 Å². The van der Waals surface area contributed by atoms with Crippen LogP contribution in [-0.4, -0.2) is 60.2 Å². The number of sulfone groups is 1. The zero-order valence-corrected chi connectivity index (χ0v) is 13.6. The minimum atomic E-state index is -3.13. The van der Waals surface area contributed by atoms with Gasteiger partial charge in [-0.25, -0.2) is 8.42 Å². The Labute approximate surface area is 124 Å². The lowest BCUT2D eigenvalue weighted by molar-refractivity contribution is 0.0655. The SMILES string of the molecule is COc1nn(C)cc1C(=O)N1CC(S(=O)(=O)CC(C)C)C1. The van der Waals surface area contributed by atoms with E-state index in [-0.39, 0.29) is 36.5 Å². The fraction of sp³-hybridized carbons (Fsp3) is 0.692. The van der Waals surface area contributed by atoms with Gasteiger partial charge in [0.15, 0.2) is 9.84 Å². The van der Waals surface area contributed by atoms with Gasteiger partial charge in [-0.2, -0.15) is 0 Å². The number of aryl methyl sites for hydroxylation is 1. The maximum absolute atomic E-state index is 12.3. The zero-order chi connectivity index (χ0) is 15.8. The second-order valence-corrected chi connectivity index (χ2v) is 8.11. The summed E-state index contributed by atoms with van der Waals surface area (Å²) in [5, 5.41) is 3.57. The summed E-state index contributed by atoms with van der Waals surface area (Å²) in [6.45, 7) is 4.23. The van der Waals surface area contributed by atoms with E-state index in [2.05, 4.69) is 5.10 Å². The summed E-state index contributed by atoms with van der Waals surface area (Å²) >= 11 is 0. The smallest absolute Gasteiger partial charge is 0.261 e. The average Bonchev–Trinajstić information content (AvgIpc) is 2.66. The number of rotatable bonds is 5. The first-order valence-corrected chi connectivity index (χ1v) is 8.54. The number of amides is 1. The Kier molecular flexibility index (Phi) is 4.27. The van der Waals surface area contributed by atoms with Crippen LogP contribution in [-0.2, 0) is 16.9 Å². The predicted octanol–water partition coefficient (Wildman–Crippen LogP) is 0.324. The molecule has 0 radical (unpaired) electrons. The Morgan fingerprint density at radius 1 is 1.48 bits per heavy atom. The molecule has 2 rings (SSSR count). The Morgan fingerprint density at radius 2 is 2.10 bits per heavy atom. The fourth-order valence-electron chi connectivity index (χ4n) is 2.37. The molecule has 0 unspecified atom stereocenters. The fourth-order valence-corrected chi connectivity index (χ4v) is 4.38. The molecule has 1 fully saturated rings. The van der Waals surface area contributed by atoms with Crippen molar-refractivity contribution in [1.29, 1.82) is 0 Å². The molecule has 1 saturated heterocycles. The quantitative estimate of drug-likeness (QED) is 0.782. The highest BCUT2D eigenvalue weighted by Gasteiger charge is 2.40. The standard InChI is InChI=1S/C13H21N3O4S/c1-9(2)8-21(18,19)10-5-16(6-10)13(17)11-7-15(3)14-12(11)20-4/h7,9-10H,5-6,8H2,1-4H3. The molecular weight excluding hydrogens is 294 g/mol. The summed E-state index contributed by atoms with van der Waals surface area (Å²) in [5.41, 5.74) is 0.361. The summed E-state index contributed by atoms with van der Waals surface area (Å²) in [5.74, 6) is 0.278. The third-order valence-electron chi connectivity index (χ3n) is 3.43. The van der Waals surface area contributed by atoms with Crippen molar-refractivity contribution in [2.45, 2.75) is 19.1 Å². The molecule has 0 aliphatic carbocycles. The number of hydrogen-bond acceptors (Lipinski definition) is 5. The van der Waals surface area contributed by atoms with E-state index >= 15 is 0 Å². The highest BCUT2D eigenvalue weighted by atomic mass is 32.2. The van der Waals surface area contributed by atoms with Crippen LogP contribution >= 0.6 is 0 Å². The lowest BCUT2D eigenvalue weighted by atomic mass is 10.1. The molecule has 7 nitrogen and oxygen atoms in total. The van der Waals surface area contributed by atoms with Crippen LogP contribution in [0.4, 0.5) is 0 Å². The number of nitrogens with zero attached hydrogens (tertiary/aromatic N) is 3. The van der Waals surface area contributed by atoms with Crippen molar-refractivity contribution in [2.24, 2.45) is 13.0 Å². The van der Waals surface area contributed by atoms with Crippen molar-refractivity contribution in [2.75, 3.05) is 26.0 Å². The van der Waals surface area contributed by atoms with Gasteiger partial charge >= 0.3 is 0 Å². The number of aromatic nitrogens is 2. The highest BCUT2D eigenvalue weighted by molar-refractivity contribution is 7.92. The first-order chi connectivity index (χ1) is 9.74. The normalized spacial score (nSPS) is 16.1. The van der Waals surface area contributed by atoms with Crippen molar-refractivity contribution in [3.63, 3.8) is 0 Å². The van der Waals surface area contributed by atoms with Gasteiger partial charge in [0, 0.05) is 26.3 Å². The molecule has 0 aromatic carbocycles. The second kappa shape index (κ2) is 5.67. The largest absolute Gasteiger partial charge is 0.479 e. The molecule has 1 aliphatic heterocycles. The van der Waals surface area contributed by atoms with Gasteiger partial charge in [0.25, 0.3) is 5.91 Å². The minimum Gasteiger partial charge on any atom is -0.479 e. The molecule has 1 aromatic heterocycles. The molecule has 1 aromatic rings. The van der Waals surface area contributed by atoms with E-state index in [1.165, 1.54) is 16.7 Å². The third-order valence-corrected chi connectivity index (χ3v) is 5.87. The monoisotopic (exact) mass is 315 g/mol. The summed E-state index contributed by atoms with van der Waals surface area (Å²) in [7, 11) is 0.0214. The molecule has 1 amide bonds. The topological polar surface area (TPSA) is 81.5 Å². The Bertz CT molecular complexity index is 630. The van der Waals surface area contributed by atoms with Gasteiger partial charge in [0.1, 0.15) is 5.56 Å².